The van der Waals surface area contributed by atoms with Crippen LogP contribution in [0.1, 0.15) is 26.3 Å². The van der Waals surface area contributed by atoms with Gasteiger partial charge in [0.1, 0.15) is 0 Å². The number of nitrogens with two attached hydrogens (primary N) is 1. The van der Waals surface area contributed by atoms with E-state index >= 15 is 0 Å². The van der Waals surface area contributed by atoms with Crippen molar-refractivity contribution in [1.82, 2.24) is 10.2 Å². The number of rotatable bonds is 7. The molecule has 0 aliphatic heterocycles. The number of benzene rings is 2. The highest BCUT2D eigenvalue weighted by Crippen LogP contribution is 2.17. The lowest BCUT2D eigenvalue weighted by Crippen LogP contribution is -2.30. The van der Waals surface area contributed by atoms with Crippen molar-refractivity contribution >= 4 is 17.5 Å². The van der Waals surface area contributed by atoms with Crippen LogP contribution in [-0.4, -0.2) is 43.9 Å². The van der Waals surface area contributed by atoms with Gasteiger partial charge in [0.05, 0.1) is 11.3 Å². The van der Waals surface area contributed by atoms with E-state index in [4.69, 9.17) is 5.73 Å². The van der Waals surface area contributed by atoms with Crippen molar-refractivity contribution in [3.63, 3.8) is 0 Å². The fraction of sp³-hybridized carbons (Fsp3) is 0.263. The smallest absolute Gasteiger partial charge is 0.255 e. The molecule has 0 saturated carbocycles. The number of nitrogens with one attached hydrogen (secondary N) is 2. The van der Waals surface area contributed by atoms with Gasteiger partial charge in [0.2, 0.25) is 0 Å². The molecule has 4 N–H and O–H groups in total. The molecule has 0 unspecified atom stereocenters. The monoisotopic (exact) mass is 340 g/mol. The van der Waals surface area contributed by atoms with Crippen molar-refractivity contribution in [2.45, 2.75) is 6.54 Å². The molecule has 132 valence electrons. The van der Waals surface area contributed by atoms with Gasteiger partial charge in [-0.05, 0) is 43.9 Å². The SMILES string of the molecule is CN(C)Cc1cccc(C(=O)Nc2ccccc2C(=O)NCCN)c1. The van der Waals surface area contributed by atoms with Crippen LogP contribution in [0.5, 0.6) is 0 Å². The van der Waals surface area contributed by atoms with E-state index in [0.29, 0.717) is 29.9 Å². The average molecular weight is 340 g/mol. The molecule has 0 aromatic heterocycles. The van der Waals surface area contributed by atoms with E-state index in [1.807, 2.05) is 37.2 Å². The molecule has 0 spiro atoms. The van der Waals surface area contributed by atoms with Gasteiger partial charge in [-0.3, -0.25) is 9.59 Å². The molecule has 6 heteroatoms. The molecule has 0 aliphatic rings. The molecule has 2 aromatic carbocycles. The zero-order valence-electron chi connectivity index (χ0n) is 14.6. The highest BCUT2D eigenvalue weighted by molar-refractivity contribution is 6.09. The maximum atomic E-state index is 12.6. The average Bonchev–Trinajstić information content (AvgIpc) is 2.59. The van der Waals surface area contributed by atoms with Crippen LogP contribution >= 0.6 is 0 Å². The third-order valence-electron chi connectivity index (χ3n) is 3.54. The molecule has 2 amide bonds. The quantitative estimate of drug-likeness (QED) is 0.716. The third-order valence-corrected chi connectivity index (χ3v) is 3.54. The van der Waals surface area contributed by atoms with Crippen molar-refractivity contribution in [2.75, 3.05) is 32.5 Å². The van der Waals surface area contributed by atoms with Crippen LogP contribution in [0.3, 0.4) is 0 Å². The lowest BCUT2D eigenvalue weighted by atomic mass is 10.1. The highest BCUT2D eigenvalue weighted by atomic mass is 16.2. The summed E-state index contributed by atoms with van der Waals surface area (Å²) in [5.74, 6) is -0.512. The van der Waals surface area contributed by atoms with E-state index in [1.165, 1.54) is 0 Å². The first-order valence-corrected chi connectivity index (χ1v) is 8.13. The Balaban J connectivity index is 2.17. The van der Waals surface area contributed by atoms with E-state index < -0.39 is 0 Å². The molecule has 2 rings (SSSR count). The minimum absolute atomic E-state index is 0.250. The number of nitrogens with zero attached hydrogens (tertiary/aromatic N) is 1. The number of amides is 2. The van der Waals surface area contributed by atoms with Crippen LogP contribution < -0.4 is 16.4 Å². The van der Waals surface area contributed by atoms with Crippen molar-refractivity contribution in [1.29, 1.82) is 0 Å². The van der Waals surface area contributed by atoms with Crippen molar-refractivity contribution in [3.05, 3.63) is 65.2 Å². The summed E-state index contributed by atoms with van der Waals surface area (Å²) in [4.78, 5) is 26.8. The van der Waals surface area contributed by atoms with Crippen LogP contribution in [0.2, 0.25) is 0 Å². The van der Waals surface area contributed by atoms with Gasteiger partial charge in [0, 0.05) is 25.2 Å². The zero-order chi connectivity index (χ0) is 18.2. The molecule has 25 heavy (non-hydrogen) atoms. The summed E-state index contributed by atoms with van der Waals surface area (Å²) in [5, 5.41) is 5.53. The number of anilines is 1. The van der Waals surface area contributed by atoms with Crippen molar-refractivity contribution < 1.29 is 9.59 Å². The number of hydrogen-bond donors (Lipinski definition) is 3. The second-order valence-corrected chi connectivity index (χ2v) is 5.98. The van der Waals surface area contributed by atoms with Crippen LogP contribution in [0.15, 0.2) is 48.5 Å². The predicted molar refractivity (Wildman–Crippen MR) is 99.6 cm³/mol. The van der Waals surface area contributed by atoms with Gasteiger partial charge >= 0.3 is 0 Å². The zero-order valence-corrected chi connectivity index (χ0v) is 14.6. The maximum Gasteiger partial charge on any atom is 0.255 e. The van der Waals surface area contributed by atoms with Crippen LogP contribution in [0.4, 0.5) is 5.69 Å². The Morgan fingerprint density at radius 1 is 1.04 bits per heavy atom. The summed E-state index contributed by atoms with van der Waals surface area (Å²) in [5.41, 5.74) is 7.89. The lowest BCUT2D eigenvalue weighted by molar-refractivity contribution is 0.0955. The molecule has 0 saturated heterocycles. The summed E-state index contributed by atoms with van der Waals surface area (Å²) in [6.07, 6.45) is 0. The Morgan fingerprint density at radius 3 is 2.52 bits per heavy atom. The minimum atomic E-state index is -0.261. The van der Waals surface area contributed by atoms with E-state index in [1.54, 1.807) is 30.3 Å². The van der Waals surface area contributed by atoms with E-state index in [9.17, 15) is 9.59 Å². The van der Waals surface area contributed by atoms with Gasteiger partial charge in [-0.1, -0.05) is 24.3 Å². The first-order valence-electron chi connectivity index (χ1n) is 8.13. The second-order valence-electron chi connectivity index (χ2n) is 5.98. The molecule has 0 atom stereocenters. The molecule has 6 nitrogen and oxygen atoms in total. The highest BCUT2D eigenvalue weighted by Gasteiger charge is 2.14. The topological polar surface area (TPSA) is 87.5 Å². The maximum absolute atomic E-state index is 12.6. The second kappa shape index (κ2) is 8.96. The lowest BCUT2D eigenvalue weighted by Gasteiger charge is -2.13. The normalized spacial score (nSPS) is 10.6. The van der Waals surface area contributed by atoms with Gasteiger partial charge in [0.25, 0.3) is 11.8 Å². The fourth-order valence-corrected chi connectivity index (χ4v) is 2.44. The Kier molecular flexibility index (Phi) is 6.68. The van der Waals surface area contributed by atoms with E-state index in [0.717, 1.165) is 12.1 Å². The van der Waals surface area contributed by atoms with E-state index in [2.05, 4.69) is 10.6 Å². The van der Waals surface area contributed by atoms with Crippen molar-refractivity contribution in [3.8, 4) is 0 Å². The Labute approximate surface area is 148 Å². The summed E-state index contributed by atoms with van der Waals surface area (Å²) < 4.78 is 0. The van der Waals surface area contributed by atoms with Gasteiger partial charge in [-0.15, -0.1) is 0 Å². The number of carbonyl (C=O) groups excluding carboxylic acids is 2. The predicted octanol–water partition coefficient (Wildman–Crippen LogP) is 1.69. The largest absolute Gasteiger partial charge is 0.351 e. The summed E-state index contributed by atoms with van der Waals surface area (Å²) in [6.45, 7) is 1.49. The molecule has 0 heterocycles. The molecular weight excluding hydrogens is 316 g/mol. The molecule has 0 fully saturated rings. The van der Waals surface area contributed by atoms with Gasteiger partial charge < -0.3 is 21.3 Å². The number of para-hydroxylation sites is 1. The standard InChI is InChI=1S/C19H24N4O2/c1-23(2)13-14-6-5-7-15(12-14)18(24)22-17-9-4-3-8-16(17)19(25)21-11-10-20/h3-9,12H,10-11,13,20H2,1-2H3,(H,21,25)(H,22,24). The Hall–Kier alpha value is -2.70. The Bertz CT molecular complexity index is 744. The van der Waals surface area contributed by atoms with Gasteiger partial charge in [0.15, 0.2) is 0 Å². The minimum Gasteiger partial charge on any atom is -0.351 e. The molecule has 0 bridgehead atoms. The number of carbonyl (C=O) groups is 2. The molecule has 2 aromatic rings. The van der Waals surface area contributed by atoms with Crippen molar-refractivity contribution in [2.24, 2.45) is 5.73 Å². The first kappa shape index (κ1) is 18.6. The summed E-state index contributed by atoms with van der Waals surface area (Å²) in [7, 11) is 3.95. The van der Waals surface area contributed by atoms with Gasteiger partial charge in [-0.25, -0.2) is 0 Å². The van der Waals surface area contributed by atoms with E-state index in [-0.39, 0.29) is 11.8 Å². The van der Waals surface area contributed by atoms with Crippen LogP contribution in [-0.2, 0) is 6.54 Å². The van der Waals surface area contributed by atoms with Crippen LogP contribution in [0.25, 0.3) is 0 Å². The summed E-state index contributed by atoms with van der Waals surface area (Å²) >= 11 is 0. The Morgan fingerprint density at radius 2 is 1.80 bits per heavy atom. The van der Waals surface area contributed by atoms with Crippen LogP contribution in [0, 0.1) is 0 Å². The summed E-state index contributed by atoms with van der Waals surface area (Å²) in [6, 6.07) is 14.3. The molecular formula is C19H24N4O2. The number of hydrogen-bond acceptors (Lipinski definition) is 4. The third kappa shape index (κ3) is 5.41. The molecule has 0 radical (unpaired) electrons. The van der Waals surface area contributed by atoms with Gasteiger partial charge in [-0.2, -0.15) is 0 Å². The first-order chi connectivity index (χ1) is 12.0. The fourth-order valence-electron chi connectivity index (χ4n) is 2.44. The molecule has 0 aliphatic carbocycles.